The van der Waals surface area contributed by atoms with Gasteiger partial charge in [-0.2, -0.15) is 5.10 Å². The van der Waals surface area contributed by atoms with E-state index in [2.05, 4.69) is 17.3 Å². The van der Waals surface area contributed by atoms with E-state index in [9.17, 15) is 14.9 Å². The molecule has 1 aliphatic heterocycles. The Balaban J connectivity index is 1.65. The maximum atomic E-state index is 12.3. The summed E-state index contributed by atoms with van der Waals surface area (Å²) in [4.78, 5) is 24.3. The van der Waals surface area contributed by atoms with Crippen LogP contribution in [0.3, 0.4) is 0 Å². The second kappa shape index (κ2) is 7.43. The molecule has 1 aromatic carbocycles. The minimum absolute atomic E-state index is 0.0112. The first-order valence-corrected chi connectivity index (χ1v) is 8.51. The molecule has 0 radical (unpaired) electrons. The van der Waals surface area contributed by atoms with Gasteiger partial charge in [0.1, 0.15) is 6.04 Å². The molecule has 8 heteroatoms. The molecule has 2 aromatic rings. The summed E-state index contributed by atoms with van der Waals surface area (Å²) < 4.78 is 1.47. The molecule has 1 aliphatic rings. The number of rotatable bonds is 6. The van der Waals surface area contributed by atoms with E-state index in [4.69, 9.17) is 0 Å². The van der Waals surface area contributed by atoms with Crippen LogP contribution in [0.4, 0.5) is 5.69 Å². The molecule has 0 saturated carbocycles. The normalized spacial score (nSPS) is 19.7. The van der Waals surface area contributed by atoms with Crippen molar-refractivity contribution in [2.45, 2.75) is 25.8 Å². The highest BCUT2D eigenvalue weighted by Gasteiger charge is 2.27. The van der Waals surface area contributed by atoms with Gasteiger partial charge in [0.05, 0.1) is 30.2 Å². The molecule has 2 heterocycles. The van der Waals surface area contributed by atoms with Crippen LogP contribution < -0.4 is 10.2 Å². The summed E-state index contributed by atoms with van der Waals surface area (Å²) in [6.45, 7) is 5.04. The van der Waals surface area contributed by atoms with E-state index in [1.165, 1.54) is 34.7 Å². The number of carbonyl (C=O) groups excluding carboxylic acids is 1. The van der Waals surface area contributed by atoms with Gasteiger partial charge in [-0.3, -0.25) is 14.9 Å². The fourth-order valence-corrected chi connectivity index (χ4v) is 3.34. The van der Waals surface area contributed by atoms with Crippen LogP contribution >= 0.6 is 0 Å². The van der Waals surface area contributed by atoms with Gasteiger partial charge >= 0.3 is 0 Å². The molecule has 2 atom stereocenters. The first-order chi connectivity index (χ1) is 12.1. The number of nitro groups is 1. The summed E-state index contributed by atoms with van der Waals surface area (Å²) in [7, 11) is 0. The van der Waals surface area contributed by atoms with Crippen LogP contribution in [0.15, 0.2) is 36.5 Å². The summed E-state index contributed by atoms with van der Waals surface area (Å²) in [6, 6.07) is 8.24. The molecule has 1 saturated heterocycles. The number of nitrogens with zero attached hydrogens (tertiary/aromatic N) is 3. The van der Waals surface area contributed by atoms with Gasteiger partial charge in [-0.15, -0.1) is 0 Å². The monoisotopic (exact) mass is 344 g/mol. The molecule has 0 spiro atoms. The third-order valence-electron chi connectivity index (χ3n) is 4.72. The first kappa shape index (κ1) is 17.1. The van der Waals surface area contributed by atoms with E-state index in [1.807, 2.05) is 0 Å². The van der Waals surface area contributed by atoms with Crippen molar-refractivity contribution >= 4 is 11.6 Å². The van der Waals surface area contributed by atoms with Gasteiger partial charge in [0.25, 0.3) is 11.6 Å². The lowest BCUT2D eigenvalue weighted by molar-refractivity contribution is -0.909. The Hall–Kier alpha value is -2.74. The number of nitrogens with one attached hydrogen (secondary N) is 2. The van der Waals surface area contributed by atoms with E-state index in [0.29, 0.717) is 24.0 Å². The fourth-order valence-electron chi connectivity index (χ4n) is 3.34. The van der Waals surface area contributed by atoms with Crippen LogP contribution in [-0.4, -0.2) is 46.3 Å². The third kappa shape index (κ3) is 3.85. The average Bonchev–Trinajstić information content (AvgIpc) is 3.29. The van der Waals surface area contributed by atoms with Crippen molar-refractivity contribution < 1.29 is 14.6 Å². The van der Waals surface area contributed by atoms with Crippen molar-refractivity contribution in [2.24, 2.45) is 0 Å². The zero-order valence-corrected chi connectivity index (χ0v) is 14.1. The molecule has 0 aliphatic carbocycles. The maximum absolute atomic E-state index is 12.3. The number of amides is 1. The van der Waals surface area contributed by atoms with Gasteiger partial charge in [0.15, 0.2) is 5.69 Å². The molecule has 1 amide bonds. The van der Waals surface area contributed by atoms with Crippen molar-refractivity contribution in [3.05, 3.63) is 52.3 Å². The highest BCUT2D eigenvalue weighted by atomic mass is 16.6. The predicted octanol–water partition coefficient (Wildman–Crippen LogP) is 0.578. The molecule has 25 heavy (non-hydrogen) atoms. The number of non-ortho nitro benzene ring substituents is 1. The number of aromatic nitrogens is 2. The van der Waals surface area contributed by atoms with Crippen molar-refractivity contribution in [1.82, 2.24) is 15.1 Å². The van der Waals surface area contributed by atoms with Crippen LogP contribution in [0.1, 0.15) is 30.3 Å². The zero-order valence-electron chi connectivity index (χ0n) is 14.1. The van der Waals surface area contributed by atoms with Gasteiger partial charge < -0.3 is 10.2 Å². The molecule has 132 valence electrons. The summed E-state index contributed by atoms with van der Waals surface area (Å²) in [5.41, 5.74) is 0.844. The number of likely N-dealkylation sites (tertiary alicyclic amines) is 1. The molecule has 8 nitrogen and oxygen atoms in total. The highest BCUT2D eigenvalue weighted by molar-refractivity contribution is 5.92. The smallest absolute Gasteiger partial charge is 0.272 e. The highest BCUT2D eigenvalue weighted by Crippen LogP contribution is 2.16. The Morgan fingerprint density at radius 2 is 2.32 bits per heavy atom. The average molecular weight is 344 g/mol. The molecule has 2 N–H and O–H groups in total. The van der Waals surface area contributed by atoms with E-state index in [1.54, 1.807) is 24.4 Å². The summed E-state index contributed by atoms with van der Waals surface area (Å²) in [5.74, 6) is -0.216. The maximum Gasteiger partial charge on any atom is 0.272 e. The second-order valence-electron chi connectivity index (χ2n) is 6.23. The summed E-state index contributed by atoms with van der Waals surface area (Å²) in [6.07, 6.45) is 3.96. The number of quaternary nitrogens is 1. The van der Waals surface area contributed by atoms with Gasteiger partial charge in [-0.1, -0.05) is 6.07 Å². The van der Waals surface area contributed by atoms with Crippen molar-refractivity contribution in [3.63, 3.8) is 0 Å². The number of hydrogen-bond acceptors (Lipinski definition) is 4. The van der Waals surface area contributed by atoms with Crippen LogP contribution in [0, 0.1) is 10.1 Å². The molecular weight excluding hydrogens is 322 g/mol. The predicted molar refractivity (Wildman–Crippen MR) is 91.9 cm³/mol. The number of benzene rings is 1. The van der Waals surface area contributed by atoms with Crippen LogP contribution in [0.5, 0.6) is 0 Å². The number of likely N-dealkylation sites (N-methyl/N-ethyl adjacent to an activating group) is 1. The molecular formula is C17H22N5O3+. The SMILES string of the molecule is CC[NH+]1CCC[C@@H]1CNC(=O)c1ccn(-c2cccc([N+](=O)[O-])c2)n1. The Bertz CT molecular complexity index is 773. The second-order valence-corrected chi connectivity index (χ2v) is 6.23. The fraction of sp³-hybridized carbons (Fsp3) is 0.412. The summed E-state index contributed by atoms with van der Waals surface area (Å²) in [5, 5.41) is 18.1. The lowest BCUT2D eigenvalue weighted by atomic mass is 10.2. The molecule has 3 rings (SSSR count). The van der Waals surface area contributed by atoms with Gasteiger partial charge in [-0.05, 0) is 19.1 Å². The first-order valence-electron chi connectivity index (χ1n) is 8.51. The minimum atomic E-state index is -0.454. The molecule has 0 bridgehead atoms. The van der Waals surface area contributed by atoms with E-state index < -0.39 is 4.92 Å². The number of nitro benzene ring substituents is 1. The Labute approximate surface area is 145 Å². The van der Waals surface area contributed by atoms with Crippen molar-refractivity contribution in [3.8, 4) is 5.69 Å². The van der Waals surface area contributed by atoms with Crippen LogP contribution in [-0.2, 0) is 0 Å². The van der Waals surface area contributed by atoms with Crippen molar-refractivity contribution in [2.75, 3.05) is 19.6 Å². The van der Waals surface area contributed by atoms with Crippen LogP contribution in [0.2, 0.25) is 0 Å². The molecule has 1 unspecified atom stereocenters. The quantitative estimate of drug-likeness (QED) is 0.592. The lowest BCUT2D eigenvalue weighted by Crippen LogP contribution is -3.14. The number of hydrogen-bond donors (Lipinski definition) is 2. The van der Waals surface area contributed by atoms with Crippen molar-refractivity contribution in [1.29, 1.82) is 0 Å². The third-order valence-corrected chi connectivity index (χ3v) is 4.72. The standard InChI is InChI=1S/C17H21N5O3/c1-2-20-9-4-7-15(20)12-18-17(23)16-8-10-21(19-16)13-5-3-6-14(11-13)22(24)25/h3,5-6,8,10-11,15H,2,4,7,9,12H2,1H3,(H,18,23)/p+1/t15-/m1/s1. The zero-order chi connectivity index (χ0) is 17.8. The molecule has 1 fully saturated rings. The topological polar surface area (TPSA) is 94.5 Å². The van der Waals surface area contributed by atoms with Gasteiger partial charge in [0, 0.05) is 31.2 Å². The van der Waals surface area contributed by atoms with Gasteiger partial charge in [-0.25, -0.2) is 4.68 Å². The van der Waals surface area contributed by atoms with E-state index >= 15 is 0 Å². The molecule has 1 aromatic heterocycles. The van der Waals surface area contributed by atoms with Crippen LogP contribution in [0.25, 0.3) is 5.69 Å². The lowest BCUT2D eigenvalue weighted by Gasteiger charge is -2.19. The Morgan fingerprint density at radius 3 is 3.08 bits per heavy atom. The largest absolute Gasteiger partial charge is 0.345 e. The Kier molecular flexibility index (Phi) is 5.08. The Morgan fingerprint density at radius 1 is 1.48 bits per heavy atom. The van der Waals surface area contributed by atoms with Gasteiger partial charge in [0.2, 0.25) is 0 Å². The summed E-state index contributed by atoms with van der Waals surface area (Å²) >= 11 is 0. The minimum Gasteiger partial charge on any atom is -0.345 e. The van der Waals surface area contributed by atoms with E-state index in [0.717, 1.165) is 13.0 Å². The number of carbonyl (C=O) groups is 1. The van der Waals surface area contributed by atoms with E-state index in [-0.39, 0.29) is 11.6 Å².